The van der Waals surface area contributed by atoms with E-state index < -0.39 is 0 Å². The molecule has 2 N–H and O–H groups in total. The topological polar surface area (TPSA) is 74.2 Å². The highest BCUT2D eigenvalue weighted by Crippen LogP contribution is 2.19. The fourth-order valence-corrected chi connectivity index (χ4v) is 1.92. The maximum absolute atomic E-state index is 5.74. The summed E-state index contributed by atoms with van der Waals surface area (Å²) in [4.78, 5) is 4.38. The van der Waals surface area contributed by atoms with Crippen LogP contribution in [0.1, 0.15) is 43.7 Å². The first-order chi connectivity index (χ1) is 9.22. The molecule has 1 atom stereocenters. The van der Waals surface area contributed by atoms with Gasteiger partial charge in [0.05, 0.1) is 6.42 Å². The highest BCUT2D eigenvalue weighted by molar-refractivity contribution is 5.41. The van der Waals surface area contributed by atoms with E-state index in [1.165, 1.54) is 0 Å². The van der Waals surface area contributed by atoms with Crippen LogP contribution in [0.4, 0.5) is 5.69 Å². The molecular weight excluding hydrogens is 242 g/mol. The fraction of sp³-hybridized carbons (Fsp3) is 0.429. The summed E-state index contributed by atoms with van der Waals surface area (Å²) in [7, 11) is 0. The first kappa shape index (κ1) is 13.5. The van der Waals surface area contributed by atoms with E-state index in [1.807, 2.05) is 38.1 Å². The van der Waals surface area contributed by atoms with Crippen LogP contribution in [0.3, 0.4) is 0 Å². The van der Waals surface area contributed by atoms with Gasteiger partial charge in [-0.2, -0.15) is 4.98 Å². The van der Waals surface area contributed by atoms with Crippen molar-refractivity contribution >= 4 is 5.69 Å². The number of hydrogen-bond acceptors (Lipinski definition) is 5. The Morgan fingerprint density at radius 3 is 2.89 bits per heavy atom. The summed E-state index contributed by atoms with van der Waals surface area (Å²) in [5.74, 6) is 1.20. The predicted molar refractivity (Wildman–Crippen MR) is 72.6 cm³/mol. The molecule has 102 valence electrons. The van der Waals surface area contributed by atoms with Crippen molar-refractivity contribution in [3.05, 3.63) is 41.5 Å². The summed E-state index contributed by atoms with van der Waals surface area (Å²) in [5, 5.41) is 3.98. The van der Waals surface area contributed by atoms with E-state index in [-0.39, 0.29) is 6.10 Å². The molecule has 19 heavy (non-hydrogen) atoms. The van der Waals surface area contributed by atoms with Crippen LogP contribution < -0.4 is 5.73 Å². The van der Waals surface area contributed by atoms with E-state index in [2.05, 4.69) is 10.1 Å². The summed E-state index contributed by atoms with van der Waals surface area (Å²) in [6.07, 6.45) is 1.31. The van der Waals surface area contributed by atoms with Gasteiger partial charge < -0.3 is 15.0 Å². The molecule has 1 unspecified atom stereocenters. The average molecular weight is 261 g/mol. The molecule has 0 aliphatic carbocycles. The van der Waals surface area contributed by atoms with Crippen molar-refractivity contribution in [1.29, 1.82) is 0 Å². The Balaban J connectivity index is 2.08. The van der Waals surface area contributed by atoms with Crippen molar-refractivity contribution in [2.45, 2.75) is 32.8 Å². The Morgan fingerprint density at radius 2 is 2.21 bits per heavy atom. The van der Waals surface area contributed by atoms with E-state index in [1.54, 1.807) is 0 Å². The first-order valence-electron chi connectivity index (χ1n) is 6.51. The van der Waals surface area contributed by atoms with Gasteiger partial charge in [-0.05, 0) is 31.0 Å². The average Bonchev–Trinajstić information content (AvgIpc) is 2.84. The first-order valence-corrected chi connectivity index (χ1v) is 6.51. The van der Waals surface area contributed by atoms with E-state index >= 15 is 0 Å². The molecule has 2 aromatic rings. The molecule has 1 aromatic heterocycles. The molecule has 0 fully saturated rings. The molecule has 0 bridgehead atoms. The second kappa shape index (κ2) is 6.33. The van der Waals surface area contributed by atoms with Crippen LogP contribution in [0.15, 0.2) is 28.8 Å². The van der Waals surface area contributed by atoms with Crippen LogP contribution >= 0.6 is 0 Å². The molecule has 0 saturated heterocycles. The molecule has 1 aromatic carbocycles. The molecule has 0 amide bonds. The normalized spacial score (nSPS) is 12.5. The van der Waals surface area contributed by atoms with Crippen LogP contribution in [0, 0.1) is 0 Å². The molecule has 0 radical (unpaired) electrons. The zero-order chi connectivity index (χ0) is 13.7. The summed E-state index contributed by atoms with van der Waals surface area (Å²) in [6, 6.07) is 7.66. The number of nitrogens with zero attached hydrogens (tertiary/aromatic N) is 2. The van der Waals surface area contributed by atoms with E-state index in [0.29, 0.717) is 24.7 Å². The van der Waals surface area contributed by atoms with Crippen molar-refractivity contribution in [2.24, 2.45) is 0 Å². The van der Waals surface area contributed by atoms with Gasteiger partial charge in [0.1, 0.15) is 6.10 Å². The largest absolute Gasteiger partial charge is 0.399 e. The van der Waals surface area contributed by atoms with Crippen molar-refractivity contribution in [3.63, 3.8) is 0 Å². The Bertz CT molecular complexity index is 525. The van der Waals surface area contributed by atoms with Crippen LogP contribution in [-0.2, 0) is 11.2 Å². The van der Waals surface area contributed by atoms with Crippen LogP contribution in [0.25, 0.3) is 0 Å². The summed E-state index contributed by atoms with van der Waals surface area (Å²) >= 11 is 0. The Hall–Kier alpha value is -1.88. The van der Waals surface area contributed by atoms with Gasteiger partial charge in [0.25, 0.3) is 0 Å². The molecule has 0 aliphatic heterocycles. The van der Waals surface area contributed by atoms with Crippen LogP contribution in [-0.4, -0.2) is 16.7 Å². The van der Waals surface area contributed by atoms with Crippen molar-refractivity contribution in [1.82, 2.24) is 10.1 Å². The summed E-state index contributed by atoms with van der Waals surface area (Å²) in [6.45, 7) is 4.63. The minimum absolute atomic E-state index is 0.0941. The fourth-order valence-electron chi connectivity index (χ4n) is 1.92. The third-order valence-corrected chi connectivity index (χ3v) is 2.82. The second-order valence-electron chi connectivity index (χ2n) is 4.32. The zero-order valence-electron chi connectivity index (χ0n) is 11.3. The molecule has 0 aliphatic rings. The van der Waals surface area contributed by atoms with Crippen LogP contribution in [0.5, 0.6) is 0 Å². The lowest BCUT2D eigenvalue weighted by Crippen LogP contribution is -2.05. The summed E-state index contributed by atoms with van der Waals surface area (Å²) in [5.41, 5.74) is 7.53. The lowest BCUT2D eigenvalue weighted by molar-refractivity contribution is 0.0518. The van der Waals surface area contributed by atoms with Gasteiger partial charge >= 0.3 is 0 Å². The number of ether oxygens (including phenoxy) is 1. The minimum atomic E-state index is -0.0941. The van der Waals surface area contributed by atoms with Crippen molar-refractivity contribution < 1.29 is 9.26 Å². The van der Waals surface area contributed by atoms with Gasteiger partial charge in [-0.1, -0.05) is 24.2 Å². The third-order valence-electron chi connectivity index (χ3n) is 2.82. The molecular formula is C14H19N3O2. The Labute approximate surface area is 112 Å². The van der Waals surface area contributed by atoms with Crippen molar-refractivity contribution in [2.75, 3.05) is 12.3 Å². The van der Waals surface area contributed by atoms with Gasteiger partial charge in [0.2, 0.25) is 11.7 Å². The monoisotopic (exact) mass is 261 g/mol. The smallest absolute Gasteiger partial charge is 0.231 e. The maximum atomic E-state index is 5.74. The van der Waals surface area contributed by atoms with Gasteiger partial charge in [-0.3, -0.25) is 0 Å². The number of nitrogen functional groups attached to an aromatic ring is 1. The number of aromatic nitrogens is 2. The molecule has 1 heterocycles. The number of anilines is 1. The molecule has 2 rings (SSSR count). The van der Waals surface area contributed by atoms with Gasteiger partial charge in [-0.15, -0.1) is 0 Å². The van der Waals surface area contributed by atoms with Crippen LogP contribution in [0.2, 0.25) is 0 Å². The number of hydrogen-bond donors (Lipinski definition) is 1. The lowest BCUT2D eigenvalue weighted by Gasteiger charge is -2.09. The van der Waals surface area contributed by atoms with Gasteiger partial charge in [0, 0.05) is 12.3 Å². The Morgan fingerprint density at radius 1 is 1.37 bits per heavy atom. The second-order valence-corrected chi connectivity index (χ2v) is 4.32. The highest BCUT2D eigenvalue weighted by Gasteiger charge is 2.16. The maximum Gasteiger partial charge on any atom is 0.231 e. The number of benzene rings is 1. The minimum Gasteiger partial charge on any atom is -0.399 e. The Kier molecular flexibility index (Phi) is 4.52. The molecule has 5 heteroatoms. The lowest BCUT2D eigenvalue weighted by atomic mass is 10.1. The third kappa shape index (κ3) is 3.54. The number of rotatable bonds is 6. The summed E-state index contributed by atoms with van der Waals surface area (Å²) < 4.78 is 10.8. The van der Waals surface area contributed by atoms with E-state index in [4.69, 9.17) is 15.0 Å². The van der Waals surface area contributed by atoms with E-state index in [9.17, 15) is 0 Å². The molecule has 0 saturated carbocycles. The van der Waals surface area contributed by atoms with Crippen molar-refractivity contribution in [3.8, 4) is 0 Å². The quantitative estimate of drug-likeness (QED) is 0.809. The number of nitrogens with two attached hydrogens (primary N) is 1. The standard InChI is InChI=1S/C14H19N3O2/c1-3-12(18-4-2)14-16-13(19-17-14)9-10-6-5-7-11(15)8-10/h5-8,12H,3-4,9,15H2,1-2H3. The molecule has 0 spiro atoms. The molecule has 5 nitrogen and oxygen atoms in total. The van der Waals surface area contributed by atoms with E-state index in [0.717, 1.165) is 17.7 Å². The van der Waals surface area contributed by atoms with Gasteiger partial charge in [0.15, 0.2) is 0 Å². The highest BCUT2D eigenvalue weighted by atomic mass is 16.5. The SMILES string of the molecule is CCOC(CC)c1noc(Cc2cccc(N)c2)n1. The zero-order valence-corrected chi connectivity index (χ0v) is 11.3. The van der Waals surface area contributed by atoms with Gasteiger partial charge in [-0.25, -0.2) is 0 Å². The predicted octanol–water partition coefficient (Wildman–Crippen LogP) is 2.73.